The van der Waals surface area contributed by atoms with Gasteiger partial charge in [0.15, 0.2) is 12.1 Å². The zero-order valence-electron chi connectivity index (χ0n) is 30.7. The predicted molar refractivity (Wildman–Crippen MR) is 197 cm³/mol. The Balaban J connectivity index is 4.49. The van der Waals surface area contributed by atoms with Crippen molar-refractivity contribution in [3.63, 3.8) is 0 Å². The maximum Gasteiger partial charge on any atom is 0.362 e. The molecule has 0 bridgehead atoms. The Labute approximate surface area is 291 Å². The Hall–Kier alpha value is -3.23. The molecule has 0 aliphatic heterocycles. The first-order chi connectivity index (χ1) is 23.1. The van der Waals surface area contributed by atoms with Crippen molar-refractivity contribution in [3.8, 4) is 0 Å². The van der Waals surface area contributed by atoms with Crippen LogP contribution in [0.15, 0.2) is 72.9 Å². The molecule has 2 unspecified atom stereocenters. The van der Waals surface area contributed by atoms with Crippen molar-refractivity contribution >= 4 is 17.9 Å². The highest BCUT2D eigenvalue weighted by Crippen LogP contribution is 2.12. The minimum Gasteiger partial charge on any atom is -0.477 e. The minimum absolute atomic E-state index is 0.0427. The summed E-state index contributed by atoms with van der Waals surface area (Å²) in [4.78, 5) is 36.6. The van der Waals surface area contributed by atoms with Crippen LogP contribution in [0.5, 0.6) is 0 Å². The SMILES string of the molecule is CC/C=C/C=C/C=C/C=C/C=C/C=C/CCCCCC(=O)OCC(COCCC(C(=O)O)[N+](C)(C)C)OC(=O)CCCCCCCCC. The van der Waals surface area contributed by atoms with E-state index in [9.17, 15) is 19.5 Å². The van der Waals surface area contributed by atoms with E-state index in [4.69, 9.17) is 14.2 Å². The number of hydrogen-bond acceptors (Lipinski definition) is 6. The van der Waals surface area contributed by atoms with Gasteiger partial charge in [0, 0.05) is 19.3 Å². The third kappa shape index (κ3) is 29.0. The molecule has 0 aromatic rings. The smallest absolute Gasteiger partial charge is 0.362 e. The molecule has 0 aliphatic carbocycles. The molecule has 8 nitrogen and oxygen atoms in total. The lowest BCUT2D eigenvalue weighted by Gasteiger charge is -2.31. The lowest BCUT2D eigenvalue weighted by molar-refractivity contribution is -0.887. The van der Waals surface area contributed by atoms with Crippen molar-refractivity contribution in [1.29, 1.82) is 0 Å². The number of unbranched alkanes of at least 4 members (excludes halogenated alkanes) is 9. The van der Waals surface area contributed by atoms with Crippen LogP contribution < -0.4 is 0 Å². The van der Waals surface area contributed by atoms with Crippen molar-refractivity contribution < 1.29 is 38.2 Å². The predicted octanol–water partition coefficient (Wildman–Crippen LogP) is 8.85. The molecule has 0 aromatic carbocycles. The molecule has 272 valence electrons. The van der Waals surface area contributed by atoms with E-state index in [1.807, 2.05) is 81.9 Å². The Bertz CT molecular complexity index is 1020. The summed E-state index contributed by atoms with van der Waals surface area (Å²) in [5.41, 5.74) is 0. The molecule has 0 amide bonds. The lowest BCUT2D eigenvalue weighted by atomic mass is 10.1. The van der Waals surface area contributed by atoms with Gasteiger partial charge < -0.3 is 23.8 Å². The summed E-state index contributed by atoms with van der Waals surface area (Å²) < 4.78 is 17.1. The fraction of sp³-hybridized carbons (Fsp3) is 0.625. The topological polar surface area (TPSA) is 99.1 Å². The van der Waals surface area contributed by atoms with E-state index in [2.05, 4.69) is 26.0 Å². The van der Waals surface area contributed by atoms with Gasteiger partial charge in [-0.3, -0.25) is 9.59 Å². The number of quaternary nitrogens is 1. The molecule has 0 saturated carbocycles. The van der Waals surface area contributed by atoms with Crippen LogP contribution in [-0.4, -0.2) is 80.6 Å². The van der Waals surface area contributed by atoms with Gasteiger partial charge in [-0.2, -0.15) is 0 Å². The third-order valence-corrected chi connectivity index (χ3v) is 7.53. The highest BCUT2D eigenvalue weighted by atomic mass is 16.6. The van der Waals surface area contributed by atoms with Crippen LogP contribution in [0.2, 0.25) is 0 Å². The molecule has 2 atom stereocenters. The molecule has 48 heavy (non-hydrogen) atoms. The average Bonchev–Trinajstić information content (AvgIpc) is 3.03. The van der Waals surface area contributed by atoms with Gasteiger partial charge in [0.25, 0.3) is 0 Å². The van der Waals surface area contributed by atoms with E-state index in [-0.39, 0.29) is 36.2 Å². The molecule has 0 aromatic heterocycles. The average molecular weight is 673 g/mol. The quantitative estimate of drug-likeness (QED) is 0.0352. The van der Waals surface area contributed by atoms with Crippen LogP contribution in [0, 0.1) is 0 Å². The number of rotatable bonds is 30. The van der Waals surface area contributed by atoms with Gasteiger partial charge in [0.1, 0.15) is 6.61 Å². The second-order valence-corrected chi connectivity index (χ2v) is 12.9. The van der Waals surface area contributed by atoms with Crippen LogP contribution >= 0.6 is 0 Å². The molecular weight excluding hydrogens is 606 g/mol. The minimum atomic E-state index is -0.887. The number of carboxylic acids is 1. The highest BCUT2D eigenvalue weighted by molar-refractivity contribution is 5.72. The largest absolute Gasteiger partial charge is 0.477 e. The summed E-state index contributed by atoms with van der Waals surface area (Å²) in [7, 11) is 5.48. The maximum atomic E-state index is 12.5. The fourth-order valence-electron chi connectivity index (χ4n) is 4.71. The van der Waals surface area contributed by atoms with Crippen LogP contribution in [0.3, 0.4) is 0 Å². The van der Waals surface area contributed by atoms with Gasteiger partial charge in [-0.25, -0.2) is 4.79 Å². The third-order valence-electron chi connectivity index (χ3n) is 7.53. The van der Waals surface area contributed by atoms with Gasteiger partial charge >= 0.3 is 17.9 Å². The Morgan fingerprint density at radius 2 is 1.17 bits per heavy atom. The van der Waals surface area contributed by atoms with Gasteiger partial charge in [-0.05, 0) is 32.1 Å². The first kappa shape index (κ1) is 44.8. The second kappa shape index (κ2) is 31.1. The molecule has 0 saturated heterocycles. The van der Waals surface area contributed by atoms with Crippen molar-refractivity contribution in [2.24, 2.45) is 0 Å². The van der Waals surface area contributed by atoms with E-state index in [0.29, 0.717) is 19.3 Å². The van der Waals surface area contributed by atoms with Crippen molar-refractivity contribution in [3.05, 3.63) is 72.9 Å². The number of allylic oxidation sites excluding steroid dienone is 12. The number of likely N-dealkylation sites (N-methyl/N-ethyl adjacent to an activating group) is 1. The molecule has 0 fully saturated rings. The number of ether oxygens (including phenoxy) is 3. The monoisotopic (exact) mass is 672 g/mol. The maximum absolute atomic E-state index is 12.5. The molecular formula is C40H66NO7+. The van der Waals surface area contributed by atoms with E-state index in [0.717, 1.165) is 51.4 Å². The molecule has 0 aliphatic rings. The summed E-state index contributed by atoms with van der Waals surface area (Å²) in [6, 6.07) is -0.621. The van der Waals surface area contributed by atoms with Gasteiger partial charge in [0.2, 0.25) is 0 Å². The van der Waals surface area contributed by atoms with E-state index < -0.39 is 18.1 Å². The summed E-state index contributed by atoms with van der Waals surface area (Å²) in [6.07, 6.45) is 36.7. The van der Waals surface area contributed by atoms with Crippen molar-refractivity contribution in [1.82, 2.24) is 0 Å². The van der Waals surface area contributed by atoms with Crippen LogP contribution in [0.4, 0.5) is 0 Å². The zero-order valence-corrected chi connectivity index (χ0v) is 30.7. The van der Waals surface area contributed by atoms with E-state index in [1.54, 1.807) is 0 Å². The highest BCUT2D eigenvalue weighted by Gasteiger charge is 2.31. The van der Waals surface area contributed by atoms with Gasteiger partial charge in [0.05, 0.1) is 34.4 Å². The molecule has 0 rings (SSSR count). The second-order valence-electron chi connectivity index (χ2n) is 12.9. The number of nitrogens with zero attached hydrogens (tertiary/aromatic N) is 1. The van der Waals surface area contributed by atoms with E-state index in [1.165, 1.54) is 25.7 Å². The number of esters is 2. The molecule has 8 heteroatoms. The molecule has 1 N–H and O–H groups in total. The number of carboxylic acid groups (broad SMARTS) is 1. The Kier molecular flexibility index (Phi) is 29.0. The van der Waals surface area contributed by atoms with Crippen LogP contribution in [-0.2, 0) is 28.6 Å². The number of carbonyl (C=O) groups excluding carboxylic acids is 2. The number of hydrogen-bond donors (Lipinski definition) is 1. The van der Waals surface area contributed by atoms with Crippen molar-refractivity contribution in [2.45, 2.75) is 122 Å². The molecule has 0 heterocycles. The van der Waals surface area contributed by atoms with Gasteiger partial charge in [-0.15, -0.1) is 0 Å². The van der Waals surface area contributed by atoms with Crippen LogP contribution in [0.1, 0.15) is 110 Å². The summed E-state index contributed by atoms with van der Waals surface area (Å²) in [5.74, 6) is -1.55. The standard InChI is InChI=1S/C40H65NO7/c1-6-8-10-12-14-15-16-17-18-19-20-21-22-23-25-26-28-30-38(42)47-35-36(34-46-33-32-37(40(44)45)41(3,4)5)48-39(43)31-29-27-24-13-11-9-7-2/h8,10,12,14-22,36-37H,6-7,9,11,13,23-35H2,1-5H3/p+1/b10-8+,14-12+,16-15+,18-17+,20-19+,22-21+. The van der Waals surface area contributed by atoms with Crippen LogP contribution in [0.25, 0.3) is 0 Å². The van der Waals surface area contributed by atoms with Crippen molar-refractivity contribution in [2.75, 3.05) is 41.0 Å². The molecule has 0 spiro atoms. The first-order valence-corrected chi connectivity index (χ1v) is 18.1. The summed E-state index contributed by atoms with van der Waals surface area (Å²) in [6.45, 7) is 4.46. The van der Waals surface area contributed by atoms with E-state index >= 15 is 0 Å². The first-order valence-electron chi connectivity index (χ1n) is 18.1. The number of aliphatic carboxylic acids is 1. The Morgan fingerprint density at radius 1 is 0.646 bits per heavy atom. The Morgan fingerprint density at radius 3 is 1.73 bits per heavy atom. The summed E-state index contributed by atoms with van der Waals surface area (Å²) in [5, 5.41) is 9.55. The fourth-order valence-corrected chi connectivity index (χ4v) is 4.71. The zero-order chi connectivity index (χ0) is 35.7. The number of carbonyl (C=O) groups is 3. The van der Waals surface area contributed by atoms with Gasteiger partial charge in [-0.1, -0.05) is 132 Å². The molecule has 0 radical (unpaired) electrons. The summed E-state index contributed by atoms with van der Waals surface area (Å²) >= 11 is 0. The normalized spacial score (nSPS) is 13.9. The lowest BCUT2D eigenvalue weighted by Crippen LogP contribution is -2.50.